The lowest BCUT2D eigenvalue weighted by Gasteiger charge is -2.23. The zero-order chi connectivity index (χ0) is 20.8. The number of nitrogens with zero attached hydrogens (tertiary/aromatic N) is 2. The zero-order valence-corrected chi connectivity index (χ0v) is 17.3. The smallest absolute Gasteiger partial charge is 0.387 e. The van der Waals surface area contributed by atoms with Crippen molar-refractivity contribution in [2.24, 2.45) is 0 Å². The fourth-order valence-electron chi connectivity index (χ4n) is 2.68. The largest absolute Gasteiger partial charge is 0.490 e. The Bertz CT molecular complexity index is 852. The first-order valence-corrected chi connectivity index (χ1v) is 9.65. The normalized spacial score (nSPS) is 12.4. The molecule has 0 saturated carbocycles. The standard InChI is InChI=1S/C20H24F2N2O3S/c1-6-26-17-11-15(7-9-16(17)27-20(21)22)8-10-18(25)24(5)13(3)19-12(2)23-14(4)28-19/h7-11,13,20H,6H2,1-5H3/b10-8+. The number of rotatable bonds is 8. The van der Waals surface area contributed by atoms with E-state index < -0.39 is 6.61 Å². The summed E-state index contributed by atoms with van der Waals surface area (Å²) in [7, 11) is 1.73. The number of alkyl halides is 2. The Morgan fingerprint density at radius 2 is 2.04 bits per heavy atom. The van der Waals surface area contributed by atoms with Crippen molar-refractivity contribution in [1.29, 1.82) is 0 Å². The number of hydrogen-bond acceptors (Lipinski definition) is 5. The maximum Gasteiger partial charge on any atom is 0.387 e. The second-order valence-electron chi connectivity index (χ2n) is 6.16. The monoisotopic (exact) mass is 410 g/mol. The molecule has 0 bridgehead atoms. The van der Waals surface area contributed by atoms with Gasteiger partial charge in [0.15, 0.2) is 11.5 Å². The van der Waals surface area contributed by atoms with E-state index in [1.165, 1.54) is 12.1 Å². The number of carbonyl (C=O) groups is 1. The number of amides is 1. The van der Waals surface area contributed by atoms with E-state index in [2.05, 4.69) is 9.72 Å². The zero-order valence-electron chi connectivity index (χ0n) is 16.5. The molecule has 152 valence electrons. The number of hydrogen-bond donors (Lipinski definition) is 0. The molecule has 1 unspecified atom stereocenters. The van der Waals surface area contributed by atoms with Gasteiger partial charge in [-0.15, -0.1) is 11.3 Å². The van der Waals surface area contributed by atoms with Crippen molar-refractivity contribution in [3.05, 3.63) is 45.4 Å². The average Bonchev–Trinajstić information content (AvgIpc) is 2.98. The first-order valence-electron chi connectivity index (χ1n) is 8.83. The van der Waals surface area contributed by atoms with Gasteiger partial charge >= 0.3 is 6.61 Å². The Balaban J connectivity index is 2.14. The SMILES string of the molecule is CCOc1cc(/C=C/C(=O)N(C)C(C)c2sc(C)nc2C)ccc1OC(F)F. The summed E-state index contributed by atoms with van der Waals surface area (Å²) in [6, 6.07) is 4.44. The van der Waals surface area contributed by atoms with Crippen LogP contribution in [-0.4, -0.2) is 36.1 Å². The number of ether oxygens (including phenoxy) is 2. The van der Waals surface area contributed by atoms with Gasteiger partial charge in [-0.1, -0.05) is 6.07 Å². The number of aryl methyl sites for hydroxylation is 2. The molecule has 2 rings (SSSR count). The van der Waals surface area contributed by atoms with Crippen LogP contribution in [0, 0.1) is 13.8 Å². The predicted molar refractivity (Wildman–Crippen MR) is 106 cm³/mol. The fraction of sp³-hybridized carbons (Fsp3) is 0.400. The summed E-state index contributed by atoms with van der Waals surface area (Å²) in [6.45, 7) is 4.94. The van der Waals surface area contributed by atoms with E-state index in [9.17, 15) is 13.6 Å². The molecule has 1 amide bonds. The van der Waals surface area contributed by atoms with Crippen molar-refractivity contribution in [3.63, 3.8) is 0 Å². The van der Waals surface area contributed by atoms with Crippen molar-refractivity contribution < 1.29 is 23.0 Å². The Morgan fingerprint density at radius 3 is 2.61 bits per heavy atom. The molecule has 1 atom stereocenters. The second-order valence-corrected chi connectivity index (χ2v) is 7.39. The minimum Gasteiger partial charge on any atom is -0.490 e. The van der Waals surface area contributed by atoms with Gasteiger partial charge in [0.05, 0.1) is 23.4 Å². The maximum atomic E-state index is 12.5. The van der Waals surface area contributed by atoms with E-state index in [0.29, 0.717) is 12.2 Å². The summed E-state index contributed by atoms with van der Waals surface area (Å²) < 4.78 is 34.8. The van der Waals surface area contributed by atoms with E-state index in [-0.39, 0.29) is 23.4 Å². The molecule has 1 aromatic carbocycles. The van der Waals surface area contributed by atoms with Crippen molar-refractivity contribution in [1.82, 2.24) is 9.88 Å². The van der Waals surface area contributed by atoms with Crippen LogP contribution < -0.4 is 9.47 Å². The highest BCUT2D eigenvalue weighted by atomic mass is 32.1. The van der Waals surface area contributed by atoms with Crippen LogP contribution in [0.5, 0.6) is 11.5 Å². The number of carbonyl (C=O) groups excluding carboxylic acids is 1. The Kier molecular flexibility index (Phi) is 7.51. The molecule has 28 heavy (non-hydrogen) atoms. The third-order valence-electron chi connectivity index (χ3n) is 4.15. The van der Waals surface area contributed by atoms with Crippen LogP contribution in [0.15, 0.2) is 24.3 Å². The van der Waals surface area contributed by atoms with E-state index in [1.54, 1.807) is 48.4 Å². The molecule has 1 heterocycles. The first kappa shape index (κ1) is 21.8. The van der Waals surface area contributed by atoms with E-state index in [1.807, 2.05) is 20.8 Å². The fourth-order valence-corrected chi connectivity index (χ4v) is 3.70. The molecule has 0 spiro atoms. The Labute approximate surface area is 167 Å². The van der Waals surface area contributed by atoms with E-state index in [0.717, 1.165) is 15.6 Å². The molecular weight excluding hydrogens is 386 g/mol. The number of aromatic nitrogens is 1. The lowest BCUT2D eigenvalue weighted by atomic mass is 10.1. The Morgan fingerprint density at radius 1 is 1.32 bits per heavy atom. The lowest BCUT2D eigenvalue weighted by molar-refractivity contribution is -0.126. The van der Waals surface area contributed by atoms with Crippen LogP contribution in [0.25, 0.3) is 6.08 Å². The molecule has 5 nitrogen and oxygen atoms in total. The van der Waals surface area contributed by atoms with Crippen molar-refractivity contribution in [2.45, 2.75) is 40.3 Å². The van der Waals surface area contributed by atoms with Gasteiger partial charge in [-0.05, 0) is 51.5 Å². The molecular formula is C20H24F2N2O3S. The highest BCUT2D eigenvalue weighted by Crippen LogP contribution is 2.31. The third kappa shape index (κ3) is 5.51. The molecule has 1 aromatic heterocycles. The molecule has 0 aliphatic rings. The van der Waals surface area contributed by atoms with Crippen LogP contribution in [-0.2, 0) is 4.79 Å². The number of likely N-dealkylation sites (N-methyl/N-ethyl adjacent to an activating group) is 1. The molecule has 0 saturated heterocycles. The van der Waals surface area contributed by atoms with Gasteiger partial charge in [-0.2, -0.15) is 8.78 Å². The minimum absolute atomic E-state index is 0.0397. The van der Waals surface area contributed by atoms with Crippen LogP contribution in [0.3, 0.4) is 0 Å². The molecule has 0 aliphatic heterocycles. The topological polar surface area (TPSA) is 51.7 Å². The maximum absolute atomic E-state index is 12.5. The highest BCUT2D eigenvalue weighted by molar-refractivity contribution is 7.11. The van der Waals surface area contributed by atoms with Gasteiger partial charge in [0.2, 0.25) is 5.91 Å². The van der Waals surface area contributed by atoms with Crippen LogP contribution in [0.1, 0.15) is 41.0 Å². The molecule has 8 heteroatoms. The van der Waals surface area contributed by atoms with Crippen LogP contribution >= 0.6 is 11.3 Å². The molecule has 0 N–H and O–H groups in total. The van der Waals surface area contributed by atoms with E-state index in [4.69, 9.17) is 4.74 Å². The second kappa shape index (κ2) is 9.64. The quantitative estimate of drug-likeness (QED) is 0.575. The molecule has 2 aromatic rings. The van der Waals surface area contributed by atoms with Gasteiger partial charge in [0.1, 0.15) is 0 Å². The Hall–Kier alpha value is -2.48. The number of benzene rings is 1. The van der Waals surface area contributed by atoms with Gasteiger partial charge < -0.3 is 14.4 Å². The summed E-state index contributed by atoms with van der Waals surface area (Å²) in [5.74, 6) is -0.0131. The summed E-state index contributed by atoms with van der Waals surface area (Å²) in [4.78, 5) is 19.6. The van der Waals surface area contributed by atoms with Gasteiger partial charge in [-0.3, -0.25) is 4.79 Å². The summed E-state index contributed by atoms with van der Waals surface area (Å²) in [6.07, 6.45) is 3.06. The molecule has 0 fully saturated rings. The van der Waals surface area contributed by atoms with Crippen LogP contribution in [0.2, 0.25) is 0 Å². The third-order valence-corrected chi connectivity index (χ3v) is 5.39. The summed E-state index contributed by atoms with van der Waals surface area (Å²) in [5, 5.41) is 0.963. The average molecular weight is 410 g/mol. The van der Waals surface area contributed by atoms with Gasteiger partial charge in [0.25, 0.3) is 0 Å². The highest BCUT2D eigenvalue weighted by Gasteiger charge is 2.20. The summed E-state index contributed by atoms with van der Waals surface area (Å²) >= 11 is 1.58. The molecule has 0 radical (unpaired) electrons. The minimum atomic E-state index is -2.93. The van der Waals surface area contributed by atoms with Gasteiger partial charge in [-0.25, -0.2) is 4.98 Å². The van der Waals surface area contributed by atoms with E-state index >= 15 is 0 Å². The molecule has 0 aliphatic carbocycles. The number of halogens is 2. The van der Waals surface area contributed by atoms with Crippen molar-refractivity contribution >= 4 is 23.3 Å². The van der Waals surface area contributed by atoms with Gasteiger partial charge in [0, 0.05) is 18.0 Å². The summed E-state index contributed by atoms with van der Waals surface area (Å²) in [5.41, 5.74) is 1.57. The first-order chi connectivity index (χ1) is 13.2. The van der Waals surface area contributed by atoms with Crippen molar-refractivity contribution in [2.75, 3.05) is 13.7 Å². The predicted octanol–water partition coefficient (Wildman–Crippen LogP) is 4.99. The lowest BCUT2D eigenvalue weighted by Crippen LogP contribution is -2.27. The van der Waals surface area contributed by atoms with Crippen LogP contribution in [0.4, 0.5) is 8.78 Å². The number of thiazole rings is 1. The van der Waals surface area contributed by atoms with Crippen molar-refractivity contribution in [3.8, 4) is 11.5 Å².